The van der Waals surface area contributed by atoms with E-state index in [1.165, 1.54) is 6.42 Å². The zero-order valence-corrected chi connectivity index (χ0v) is 9.86. The minimum absolute atomic E-state index is 0.000990. The summed E-state index contributed by atoms with van der Waals surface area (Å²) < 4.78 is 0. The quantitative estimate of drug-likeness (QED) is 0.606. The Morgan fingerprint density at radius 2 is 2.24 bits per heavy atom. The number of benzene rings is 1. The van der Waals surface area contributed by atoms with E-state index in [0.29, 0.717) is 5.69 Å². The molecule has 0 spiro atoms. The van der Waals surface area contributed by atoms with E-state index in [1.54, 1.807) is 12.1 Å². The van der Waals surface area contributed by atoms with Crippen molar-refractivity contribution in [3.63, 3.8) is 0 Å². The van der Waals surface area contributed by atoms with Crippen LogP contribution in [0.3, 0.4) is 0 Å². The van der Waals surface area contributed by atoms with Gasteiger partial charge in [0.25, 0.3) is 0 Å². The first-order valence-electron chi connectivity index (χ1n) is 6.09. The number of nitrogens with one attached hydrogen (secondary N) is 1. The van der Waals surface area contributed by atoms with Gasteiger partial charge in [0.2, 0.25) is 5.91 Å². The van der Waals surface area contributed by atoms with Crippen LogP contribution in [0.2, 0.25) is 0 Å². The molecule has 17 heavy (non-hydrogen) atoms. The number of nitrogen functional groups attached to an aromatic ring is 1. The van der Waals surface area contributed by atoms with Crippen LogP contribution in [0.4, 0.5) is 11.4 Å². The number of carbonyl (C=O) groups is 1. The molecule has 1 aliphatic rings. The number of allylic oxidation sites excluding steroid dienone is 1. The Labute approximate surface area is 102 Å². The Hall–Kier alpha value is -1.77. The molecule has 0 radical (unpaired) electrons. The Kier molecular flexibility index (Phi) is 3.81. The van der Waals surface area contributed by atoms with Crippen molar-refractivity contribution >= 4 is 17.3 Å². The highest BCUT2D eigenvalue weighted by Crippen LogP contribution is 2.19. The van der Waals surface area contributed by atoms with E-state index in [1.807, 2.05) is 18.2 Å². The average molecular weight is 230 g/mol. The molecule has 3 heteroatoms. The van der Waals surface area contributed by atoms with Gasteiger partial charge in [-0.3, -0.25) is 4.79 Å². The van der Waals surface area contributed by atoms with E-state index in [2.05, 4.69) is 11.4 Å². The molecule has 90 valence electrons. The smallest absolute Gasteiger partial charge is 0.231 e. The van der Waals surface area contributed by atoms with Crippen molar-refractivity contribution < 1.29 is 4.79 Å². The van der Waals surface area contributed by atoms with Gasteiger partial charge in [0.05, 0.1) is 5.92 Å². The van der Waals surface area contributed by atoms with Crippen LogP contribution in [-0.4, -0.2) is 5.91 Å². The highest BCUT2D eigenvalue weighted by molar-refractivity contribution is 5.94. The number of hydrogen-bond acceptors (Lipinski definition) is 2. The number of carbonyl (C=O) groups excluding carboxylic acids is 1. The van der Waals surface area contributed by atoms with E-state index in [9.17, 15) is 4.79 Å². The normalized spacial score (nSPS) is 19.6. The Balaban J connectivity index is 2.00. The molecule has 1 amide bonds. The molecular weight excluding hydrogens is 212 g/mol. The van der Waals surface area contributed by atoms with Gasteiger partial charge in [-0.15, -0.1) is 0 Å². The summed E-state index contributed by atoms with van der Waals surface area (Å²) in [7, 11) is 0. The fraction of sp³-hybridized carbons (Fsp3) is 0.357. The summed E-state index contributed by atoms with van der Waals surface area (Å²) in [6.07, 6.45) is 8.44. The Morgan fingerprint density at radius 1 is 1.35 bits per heavy atom. The van der Waals surface area contributed by atoms with Crippen LogP contribution in [0.1, 0.15) is 25.7 Å². The highest BCUT2D eigenvalue weighted by Gasteiger charge is 2.16. The van der Waals surface area contributed by atoms with E-state index < -0.39 is 0 Å². The zero-order valence-electron chi connectivity index (χ0n) is 9.86. The zero-order chi connectivity index (χ0) is 12.1. The lowest BCUT2D eigenvalue weighted by atomic mass is 10.0. The van der Waals surface area contributed by atoms with E-state index in [-0.39, 0.29) is 11.8 Å². The van der Waals surface area contributed by atoms with Crippen molar-refractivity contribution in [3.05, 3.63) is 36.4 Å². The van der Waals surface area contributed by atoms with Crippen LogP contribution in [0.15, 0.2) is 36.4 Å². The van der Waals surface area contributed by atoms with Gasteiger partial charge in [-0.1, -0.05) is 24.6 Å². The summed E-state index contributed by atoms with van der Waals surface area (Å²) in [6, 6.07) is 7.28. The molecule has 2 rings (SSSR count). The molecule has 1 atom stereocenters. The average Bonchev–Trinajstić information content (AvgIpc) is 2.57. The third kappa shape index (κ3) is 3.34. The molecule has 1 aromatic rings. The molecule has 0 aliphatic heterocycles. The molecule has 0 saturated heterocycles. The van der Waals surface area contributed by atoms with Crippen LogP contribution in [0, 0.1) is 5.92 Å². The minimum Gasteiger partial charge on any atom is -0.399 e. The third-order valence-corrected chi connectivity index (χ3v) is 3.00. The maximum absolute atomic E-state index is 12.0. The fourth-order valence-corrected chi connectivity index (χ4v) is 2.05. The fourth-order valence-electron chi connectivity index (χ4n) is 2.05. The predicted octanol–water partition coefficient (Wildman–Crippen LogP) is 2.95. The van der Waals surface area contributed by atoms with Gasteiger partial charge in [0, 0.05) is 11.4 Å². The summed E-state index contributed by atoms with van der Waals surface area (Å²) in [5.41, 5.74) is 7.11. The van der Waals surface area contributed by atoms with Crippen LogP contribution in [0.5, 0.6) is 0 Å². The second-order valence-corrected chi connectivity index (χ2v) is 4.43. The van der Waals surface area contributed by atoms with Gasteiger partial charge >= 0.3 is 0 Å². The van der Waals surface area contributed by atoms with Crippen molar-refractivity contribution in [3.8, 4) is 0 Å². The molecule has 1 aliphatic carbocycles. The minimum atomic E-state index is -0.000990. The van der Waals surface area contributed by atoms with Gasteiger partial charge < -0.3 is 11.1 Å². The number of rotatable bonds is 2. The van der Waals surface area contributed by atoms with Crippen molar-refractivity contribution in [1.29, 1.82) is 0 Å². The molecule has 0 saturated carbocycles. The van der Waals surface area contributed by atoms with Crippen LogP contribution in [0.25, 0.3) is 0 Å². The van der Waals surface area contributed by atoms with E-state index in [4.69, 9.17) is 5.73 Å². The SMILES string of the molecule is Nc1cccc(NC(=O)C2C=CCCCC2)c1. The van der Waals surface area contributed by atoms with Gasteiger partial charge in [0.15, 0.2) is 0 Å². The first-order valence-corrected chi connectivity index (χ1v) is 6.09. The highest BCUT2D eigenvalue weighted by atomic mass is 16.1. The number of nitrogens with two attached hydrogens (primary N) is 1. The van der Waals surface area contributed by atoms with Crippen LogP contribution < -0.4 is 11.1 Å². The standard InChI is InChI=1S/C14H18N2O/c15-12-8-5-9-13(10-12)16-14(17)11-6-3-1-2-4-7-11/h3,5-6,8-11H,1-2,4,7,15H2,(H,16,17). The summed E-state index contributed by atoms with van der Waals surface area (Å²) in [5.74, 6) is 0.0627. The molecule has 0 aromatic heterocycles. The van der Waals surface area contributed by atoms with Crippen molar-refractivity contribution in [2.75, 3.05) is 11.1 Å². The second kappa shape index (κ2) is 5.53. The van der Waals surface area contributed by atoms with Crippen LogP contribution in [-0.2, 0) is 4.79 Å². The lowest BCUT2D eigenvalue weighted by Gasteiger charge is -2.12. The molecule has 0 bridgehead atoms. The molecule has 1 aromatic carbocycles. The third-order valence-electron chi connectivity index (χ3n) is 3.00. The lowest BCUT2D eigenvalue weighted by Crippen LogP contribution is -2.21. The van der Waals surface area contributed by atoms with Crippen molar-refractivity contribution in [2.45, 2.75) is 25.7 Å². The molecule has 3 N–H and O–H groups in total. The summed E-state index contributed by atoms with van der Waals surface area (Å²) in [5, 5.41) is 2.91. The Morgan fingerprint density at radius 3 is 3.06 bits per heavy atom. The maximum atomic E-state index is 12.0. The van der Waals surface area contributed by atoms with E-state index >= 15 is 0 Å². The number of hydrogen-bond donors (Lipinski definition) is 2. The molecule has 0 fully saturated rings. The number of anilines is 2. The van der Waals surface area contributed by atoms with Gasteiger partial charge in [-0.05, 0) is 37.5 Å². The van der Waals surface area contributed by atoms with Gasteiger partial charge in [0.1, 0.15) is 0 Å². The van der Waals surface area contributed by atoms with Crippen molar-refractivity contribution in [1.82, 2.24) is 0 Å². The predicted molar refractivity (Wildman–Crippen MR) is 70.6 cm³/mol. The Bertz CT molecular complexity index is 426. The molecule has 3 nitrogen and oxygen atoms in total. The second-order valence-electron chi connectivity index (χ2n) is 4.43. The monoisotopic (exact) mass is 230 g/mol. The molecule has 0 heterocycles. The molecule has 1 unspecified atom stereocenters. The first kappa shape index (κ1) is 11.7. The maximum Gasteiger partial charge on any atom is 0.231 e. The number of amides is 1. The van der Waals surface area contributed by atoms with Crippen LogP contribution >= 0.6 is 0 Å². The summed E-state index contributed by atoms with van der Waals surface area (Å²) in [6.45, 7) is 0. The summed E-state index contributed by atoms with van der Waals surface area (Å²) in [4.78, 5) is 12.0. The largest absolute Gasteiger partial charge is 0.399 e. The first-order chi connectivity index (χ1) is 8.25. The van der Waals surface area contributed by atoms with Crippen molar-refractivity contribution in [2.24, 2.45) is 5.92 Å². The van der Waals surface area contributed by atoms with Gasteiger partial charge in [-0.25, -0.2) is 0 Å². The topological polar surface area (TPSA) is 55.1 Å². The van der Waals surface area contributed by atoms with E-state index in [0.717, 1.165) is 24.9 Å². The molecular formula is C14H18N2O. The summed E-state index contributed by atoms with van der Waals surface area (Å²) >= 11 is 0. The van der Waals surface area contributed by atoms with Gasteiger partial charge in [-0.2, -0.15) is 0 Å². The lowest BCUT2D eigenvalue weighted by molar-refractivity contribution is -0.118.